The lowest BCUT2D eigenvalue weighted by molar-refractivity contribution is -0.170. The van der Waals surface area contributed by atoms with E-state index >= 15 is 0 Å². The number of alkyl halides is 3. The number of amides is 1. The molecular formula is C25H22F3N5O5S. The molecule has 3 aromatic rings. The van der Waals surface area contributed by atoms with Crippen molar-refractivity contribution in [2.24, 2.45) is 0 Å². The van der Waals surface area contributed by atoms with Crippen LogP contribution in [-0.4, -0.2) is 74.5 Å². The third kappa shape index (κ3) is 4.63. The van der Waals surface area contributed by atoms with Crippen LogP contribution >= 0.6 is 0 Å². The lowest BCUT2D eigenvalue weighted by Gasteiger charge is -2.34. The predicted molar refractivity (Wildman–Crippen MR) is 133 cm³/mol. The summed E-state index contributed by atoms with van der Waals surface area (Å²) in [6.07, 6.45) is -4.85. The van der Waals surface area contributed by atoms with Gasteiger partial charge in [-0.25, -0.2) is 8.42 Å². The van der Waals surface area contributed by atoms with Crippen molar-refractivity contribution in [2.45, 2.75) is 17.5 Å². The van der Waals surface area contributed by atoms with Gasteiger partial charge in [0.2, 0.25) is 16.8 Å². The van der Waals surface area contributed by atoms with E-state index in [1.54, 1.807) is 0 Å². The molecule has 6 rings (SSSR count). The van der Waals surface area contributed by atoms with Gasteiger partial charge in [-0.05, 0) is 60.5 Å². The van der Waals surface area contributed by atoms with E-state index in [0.717, 1.165) is 5.56 Å². The molecule has 0 radical (unpaired) electrons. The second-order valence-electron chi connectivity index (χ2n) is 9.23. The van der Waals surface area contributed by atoms with E-state index in [2.05, 4.69) is 10.2 Å². The molecule has 1 aromatic heterocycles. The number of benzene rings is 2. The summed E-state index contributed by atoms with van der Waals surface area (Å²) in [7, 11) is -3.88. The minimum atomic E-state index is -5.00. The number of halogens is 3. The first-order valence-electron chi connectivity index (χ1n) is 12.1. The first-order chi connectivity index (χ1) is 18.6. The molecule has 1 amide bonds. The van der Waals surface area contributed by atoms with Gasteiger partial charge in [0, 0.05) is 44.0 Å². The minimum Gasteiger partial charge on any atom is -0.454 e. The predicted octanol–water partition coefficient (Wildman–Crippen LogP) is 2.83. The van der Waals surface area contributed by atoms with Gasteiger partial charge in [0.05, 0.1) is 10.6 Å². The Morgan fingerprint density at radius 3 is 2.36 bits per heavy atom. The third-order valence-electron chi connectivity index (χ3n) is 6.95. The maximum atomic E-state index is 13.3. The summed E-state index contributed by atoms with van der Waals surface area (Å²) < 4.78 is 77.3. The Kier molecular flexibility index (Phi) is 6.10. The van der Waals surface area contributed by atoms with Crippen LogP contribution in [0.15, 0.2) is 53.4 Å². The summed E-state index contributed by atoms with van der Waals surface area (Å²) in [5.74, 6) is -0.0238. The molecule has 1 saturated heterocycles. The fraction of sp³-hybridized carbons (Fsp3) is 0.320. The number of nitrogens with zero attached hydrogens (tertiary/aromatic N) is 5. The molecule has 0 unspecified atom stereocenters. The molecule has 39 heavy (non-hydrogen) atoms. The largest absolute Gasteiger partial charge is 0.471 e. The Morgan fingerprint density at radius 2 is 1.64 bits per heavy atom. The molecule has 0 aliphatic carbocycles. The van der Waals surface area contributed by atoms with Gasteiger partial charge in [0.15, 0.2) is 17.3 Å². The Bertz CT molecular complexity index is 1540. The molecule has 0 saturated carbocycles. The maximum absolute atomic E-state index is 13.3. The minimum absolute atomic E-state index is 0.0103. The highest BCUT2D eigenvalue weighted by Crippen LogP contribution is 2.36. The Morgan fingerprint density at radius 1 is 0.872 bits per heavy atom. The van der Waals surface area contributed by atoms with Crippen molar-refractivity contribution in [3.05, 3.63) is 54.1 Å². The van der Waals surface area contributed by atoms with Gasteiger partial charge in [0.1, 0.15) is 0 Å². The molecule has 0 N–H and O–H groups in total. The molecule has 2 aromatic carbocycles. The normalized spacial score (nSPS) is 17.4. The summed E-state index contributed by atoms with van der Waals surface area (Å²) in [5.41, 5.74) is 1.97. The van der Waals surface area contributed by atoms with Gasteiger partial charge in [0.25, 0.3) is 0 Å². The van der Waals surface area contributed by atoms with Crippen LogP contribution in [-0.2, 0) is 21.2 Å². The quantitative estimate of drug-likeness (QED) is 0.479. The highest BCUT2D eigenvalue weighted by Gasteiger charge is 2.45. The number of piperazine rings is 1. The molecular weight excluding hydrogens is 539 g/mol. The lowest BCUT2D eigenvalue weighted by atomic mass is 10.1. The molecule has 10 nitrogen and oxygen atoms in total. The van der Waals surface area contributed by atoms with Crippen LogP contribution in [0, 0.1) is 0 Å². The van der Waals surface area contributed by atoms with Crippen LogP contribution in [0.2, 0.25) is 0 Å². The molecule has 0 spiro atoms. The number of hydrogen-bond acceptors (Lipinski definition) is 8. The Hall–Kier alpha value is -3.91. The maximum Gasteiger partial charge on any atom is 0.471 e. The highest BCUT2D eigenvalue weighted by molar-refractivity contribution is 7.89. The SMILES string of the molecule is O=C(N1CCc2cc(S(=O)(=O)N3CCN(c4ccc(-c5ccc6c(c5)OCO6)nn4)CC3)ccc21)C(F)(F)F. The topological polar surface area (TPSA) is 105 Å². The van der Waals surface area contributed by atoms with Gasteiger partial charge >= 0.3 is 12.1 Å². The summed E-state index contributed by atoms with van der Waals surface area (Å²) in [5, 5.41) is 8.63. The van der Waals surface area contributed by atoms with Gasteiger partial charge in [-0.1, -0.05) is 0 Å². The Balaban J connectivity index is 1.12. The van der Waals surface area contributed by atoms with E-state index in [4.69, 9.17) is 9.47 Å². The van der Waals surface area contributed by atoms with Gasteiger partial charge in [-0.3, -0.25) is 4.79 Å². The van der Waals surface area contributed by atoms with Crippen LogP contribution in [0.3, 0.4) is 0 Å². The molecule has 3 aliphatic rings. The van der Waals surface area contributed by atoms with Crippen LogP contribution in [0.4, 0.5) is 24.7 Å². The summed E-state index contributed by atoms with van der Waals surface area (Å²) in [6, 6.07) is 13.1. The van der Waals surface area contributed by atoms with Crippen molar-refractivity contribution >= 4 is 27.4 Å². The number of carbonyl (C=O) groups excluding carboxylic acids is 1. The standard InChI is InChI=1S/C25H22F3N5O5S/c26-25(27,28)24(34)33-8-7-17-13-18(2-4-20(17)33)39(35,36)32-11-9-31(10-12-32)23-6-3-19(29-30-23)16-1-5-21-22(14-16)38-15-37-21/h1-6,13-14H,7-12,15H2. The van der Waals surface area contributed by atoms with Gasteiger partial charge < -0.3 is 19.3 Å². The molecule has 204 valence electrons. The number of sulfonamides is 1. The van der Waals surface area contributed by atoms with Crippen molar-refractivity contribution in [1.29, 1.82) is 0 Å². The van der Waals surface area contributed by atoms with E-state index in [-0.39, 0.29) is 43.4 Å². The first-order valence-corrected chi connectivity index (χ1v) is 13.6. The molecule has 0 bridgehead atoms. The number of ether oxygens (including phenoxy) is 2. The highest BCUT2D eigenvalue weighted by atomic mass is 32.2. The number of rotatable bonds is 4. The fourth-order valence-electron chi connectivity index (χ4n) is 4.91. The summed E-state index contributed by atoms with van der Waals surface area (Å²) in [4.78, 5) is 14.3. The Labute approximate surface area is 221 Å². The number of hydrogen-bond donors (Lipinski definition) is 0. The average Bonchev–Trinajstić information content (AvgIpc) is 3.58. The van der Waals surface area contributed by atoms with Crippen LogP contribution < -0.4 is 19.3 Å². The van der Waals surface area contributed by atoms with Crippen molar-refractivity contribution in [3.8, 4) is 22.8 Å². The van der Waals surface area contributed by atoms with Gasteiger partial charge in [-0.15, -0.1) is 10.2 Å². The average molecular weight is 562 g/mol. The van der Waals surface area contributed by atoms with Crippen LogP contribution in [0.5, 0.6) is 11.5 Å². The fourth-order valence-corrected chi connectivity index (χ4v) is 6.39. The monoisotopic (exact) mass is 561 g/mol. The molecule has 14 heteroatoms. The number of fused-ring (bicyclic) bond motifs is 2. The number of anilines is 2. The zero-order valence-electron chi connectivity index (χ0n) is 20.4. The zero-order chi connectivity index (χ0) is 27.4. The van der Waals surface area contributed by atoms with E-state index < -0.39 is 22.1 Å². The van der Waals surface area contributed by atoms with Crippen molar-refractivity contribution in [3.63, 3.8) is 0 Å². The molecule has 4 heterocycles. The second kappa shape index (κ2) is 9.38. The lowest BCUT2D eigenvalue weighted by Crippen LogP contribution is -2.49. The van der Waals surface area contributed by atoms with E-state index in [9.17, 15) is 26.4 Å². The third-order valence-corrected chi connectivity index (χ3v) is 8.85. The summed E-state index contributed by atoms with van der Waals surface area (Å²) in [6.45, 7) is 1.20. The summed E-state index contributed by atoms with van der Waals surface area (Å²) >= 11 is 0. The first kappa shape index (κ1) is 25.4. The van der Waals surface area contributed by atoms with Crippen LogP contribution in [0.1, 0.15) is 5.56 Å². The van der Waals surface area contributed by atoms with Gasteiger partial charge in [-0.2, -0.15) is 17.5 Å². The zero-order valence-corrected chi connectivity index (χ0v) is 21.2. The van der Waals surface area contributed by atoms with E-state index in [1.807, 2.05) is 35.2 Å². The van der Waals surface area contributed by atoms with E-state index in [1.165, 1.54) is 22.5 Å². The molecule has 0 atom stereocenters. The van der Waals surface area contributed by atoms with Crippen molar-refractivity contribution < 1.29 is 35.9 Å². The smallest absolute Gasteiger partial charge is 0.454 e. The van der Waals surface area contributed by atoms with E-state index in [0.29, 0.717) is 46.6 Å². The molecule has 3 aliphatic heterocycles. The van der Waals surface area contributed by atoms with Crippen molar-refractivity contribution in [1.82, 2.24) is 14.5 Å². The second-order valence-corrected chi connectivity index (χ2v) is 11.2. The van der Waals surface area contributed by atoms with Crippen molar-refractivity contribution in [2.75, 3.05) is 49.3 Å². The number of carbonyl (C=O) groups is 1. The number of aromatic nitrogens is 2. The van der Waals surface area contributed by atoms with Crippen LogP contribution in [0.25, 0.3) is 11.3 Å². The molecule has 1 fully saturated rings.